The number of amides is 3. The van der Waals surface area contributed by atoms with Gasteiger partial charge in [-0.3, -0.25) is 14.4 Å². The van der Waals surface area contributed by atoms with E-state index in [0.717, 1.165) is 57.8 Å². The van der Waals surface area contributed by atoms with Crippen molar-refractivity contribution in [2.45, 2.75) is 82.7 Å². The fourth-order valence-corrected chi connectivity index (χ4v) is 7.09. The Kier molecular flexibility index (Phi) is 4.71. The molecule has 3 amide bonds. The van der Waals surface area contributed by atoms with Crippen molar-refractivity contribution >= 4 is 17.7 Å². The molecule has 0 heterocycles. The summed E-state index contributed by atoms with van der Waals surface area (Å²) in [5, 5.41) is 9.31. The Morgan fingerprint density at radius 1 is 0.926 bits per heavy atom. The van der Waals surface area contributed by atoms with Gasteiger partial charge in [-0.1, -0.05) is 0 Å². The summed E-state index contributed by atoms with van der Waals surface area (Å²) in [6, 6.07) is 0.183. The highest BCUT2D eigenvalue weighted by molar-refractivity contribution is 5.84. The molecule has 0 radical (unpaired) electrons. The predicted molar refractivity (Wildman–Crippen MR) is 102 cm³/mol. The largest absolute Gasteiger partial charge is 0.359 e. The second kappa shape index (κ2) is 6.78. The van der Waals surface area contributed by atoms with E-state index >= 15 is 0 Å². The molecule has 0 spiro atoms. The molecule has 0 aromatic rings. The zero-order valence-electron chi connectivity index (χ0n) is 16.6. The van der Waals surface area contributed by atoms with E-state index in [9.17, 15) is 14.4 Å². The quantitative estimate of drug-likeness (QED) is 0.701. The molecule has 5 fully saturated rings. The average molecular weight is 376 g/mol. The van der Waals surface area contributed by atoms with Crippen LogP contribution in [0.15, 0.2) is 0 Å². The van der Waals surface area contributed by atoms with Crippen molar-refractivity contribution in [3.8, 4) is 0 Å². The number of carbonyl (C=O) groups is 3. The van der Waals surface area contributed by atoms with Crippen LogP contribution < -0.4 is 16.0 Å². The Morgan fingerprint density at radius 3 is 2.11 bits per heavy atom. The van der Waals surface area contributed by atoms with Crippen LogP contribution in [0.3, 0.4) is 0 Å². The lowest BCUT2D eigenvalue weighted by Crippen LogP contribution is -2.66. The Hall–Kier alpha value is -1.59. The third kappa shape index (κ3) is 3.47. The first-order valence-electron chi connectivity index (χ1n) is 10.6. The van der Waals surface area contributed by atoms with Crippen molar-refractivity contribution in [3.63, 3.8) is 0 Å². The van der Waals surface area contributed by atoms with Crippen molar-refractivity contribution in [1.82, 2.24) is 16.0 Å². The third-order valence-electron chi connectivity index (χ3n) is 7.66. The number of hydrogen-bond donors (Lipinski definition) is 3. The summed E-state index contributed by atoms with van der Waals surface area (Å²) in [6.07, 6.45) is 9.49. The van der Waals surface area contributed by atoms with E-state index in [-0.39, 0.29) is 40.6 Å². The molecule has 5 saturated carbocycles. The van der Waals surface area contributed by atoms with Gasteiger partial charge >= 0.3 is 0 Å². The highest BCUT2D eigenvalue weighted by atomic mass is 16.2. The minimum Gasteiger partial charge on any atom is -0.359 e. The highest BCUT2D eigenvalue weighted by Crippen LogP contribution is 2.61. The molecule has 150 valence electrons. The van der Waals surface area contributed by atoms with Crippen molar-refractivity contribution in [2.24, 2.45) is 23.2 Å². The maximum atomic E-state index is 13.4. The molecule has 0 saturated heterocycles. The summed E-state index contributed by atoms with van der Waals surface area (Å²) in [7, 11) is 1.69. The Morgan fingerprint density at radius 2 is 1.56 bits per heavy atom. The number of carbonyl (C=O) groups excluding carboxylic acids is 3. The fraction of sp³-hybridized carbons (Fsp3) is 0.857. The Bertz CT molecular complexity index is 625. The van der Waals surface area contributed by atoms with E-state index in [1.165, 1.54) is 6.42 Å². The molecule has 5 aliphatic rings. The first-order chi connectivity index (χ1) is 12.8. The van der Waals surface area contributed by atoms with Crippen LogP contribution in [0.1, 0.15) is 71.1 Å². The lowest BCUT2D eigenvalue weighted by atomic mass is 9.46. The van der Waals surface area contributed by atoms with Crippen LogP contribution in [0.25, 0.3) is 0 Å². The first kappa shape index (κ1) is 18.8. The molecule has 27 heavy (non-hydrogen) atoms. The van der Waals surface area contributed by atoms with Crippen LogP contribution in [0.4, 0.5) is 0 Å². The van der Waals surface area contributed by atoms with Gasteiger partial charge < -0.3 is 16.0 Å². The van der Waals surface area contributed by atoms with Crippen LogP contribution in [-0.2, 0) is 14.4 Å². The smallest absolute Gasteiger partial charge is 0.226 e. The van der Waals surface area contributed by atoms with E-state index in [4.69, 9.17) is 0 Å². The van der Waals surface area contributed by atoms with Crippen LogP contribution in [0, 0.1) is 23.2 Å². The van der Waals surface area contributed by atoms with Gasteiger partial charge in [-0.25, -0.2) is 0 Å². The zero-order chi connectivity index (χ0) is 19.2. The average Bonchev–Trinajstić information content (AvgIpc) is 2.59. The molecular weight excluding hydrogens is 342 g/mol. The van der Waals surface area contributed by atoms with Gasteiger partial charge in [-0.2, -0.15) is 0 Å². The van der Waals surface area contributed by atoms with Gasteiger partial charge in [0.25, 0.3) is 0 Å². The van der Waals surface area contributed by atoms with E-state index in [2.05, 4.69) is 16.0 Å². The maximum absolute atomic E-state index is 13.4. The molecule has 2 atom stereocenters. The standard InChI is InChI=1S/C21H33N3O3/c1-13(25)24-21-10-14-7-15(11-21)9-20(8-14,12-21)19(27)23-17-5-3-16(4-6-17)18(26)22-2/h14-17H,3-12H2,1-2H3,(H,22,26)(H,23,27)(H,24,25)/t14-,15-,16?,17?,20?,21?/m1/s1. The van der Waals surface area contributed by atoms with Gasteiger partial charge in [0, 0.05) is 31.5 Å². The zero-order valence-corrected chi connectivity index (χ0v) is 16.6. The van der Waals surface area contributed by atoms with Crippen molar-refractivity contribution in [1.29, 1.82) is 0 Å². The van der Waals surface area contributed by atoms with Crippen molar-refractivity contribution < 1.29 is 14.4 Å². The maximum Gasteiger partial charge on any atom is 0.226 e. The van der Waals surface area contributed by atoms with Gasteiger partial charge in [0.1, 0.15) is 0 Å². The van der Waals surface area contributed by atoms with Crippen molar-refractivity contribution in [2.75, 3.05) is 7.05 Å². The first-order valence-corrected chi connectivity index (χ1v) is 10.6. The molecule has 3 N–H and O–H groups in total. The normalized spacial score (nSPS) is 42.4. The SMILES string of the molecule is CNC(=O)C1CCC(NC(=O)C23C[C@H]4C[C@@H](CC(NC(C)=O)(C4)C2)C3)CC1. The second-order valence-electron chi connectivity index (χ2n) is 9.84. The molecule has 0 aromatic carbocycles. The summed E-state index contributed by atoms with van der Waals surface area (Å²) in [5.74, 6) is 1.57. The van der Waals surface area contributed by atoms with Gasteiger partial charge in [0.05, 0.1) is 5.41 Å². The van der Waals surface area contributed by atoms with Crippen molar-refractivity contribution in [3.05, 3.63) is 0 Å². The summed E-state index contributed by atoms with van der Waals surface area (Å²) >= 11 is 0. The second-order valence-corrected chi connectivity index (χ2v) is 9.84. The molecule has 5 rings (SSSR count). The molecule has 6 heteroatoms. The lowest BCUT2D eigenvalue weighted by Gasteiger charge is -2.61. The van der Waals surface area contributed by atoms with E-state index in [1.807, 2.05) is 0 Å². The predicted octanol–water partition coefficient (Wildman–Crippen LogP) is 1.88. The molecule has 0 unspecified atom stereocenters. The molecular formula is C21H33N3O3. The summed E-state index contributed by atoms with van der Waals surface area (Å²) in [4.78, 5) is 37.0. The van der Waals surface area contributed by atoms with Gasteiger partial charge in [-0.15, -0.1) is 0 Å². The molecule has 5 aliphatic carbocycles. The highest BCUT2D eigenvalue weighted by Gasteiger charge is 2.61. The Balaban J connectivity index is 1.42. The number of rotatable bonds is 4. The minimum atomic E-state index is -0.301. The van der Waals surface area contributed by atoms with Gasteiger partial charge in [0.2, 0.25) is 17.7 Å². The molecule has 6 nitrogen and oxygen atoms in total. The van der Waals surface area contributed by atoms with Crippen LogP contribution in [0.5, 0.6) is 0 Å². The lowest BCUT2D eigenvalue weighted by molar-refractivity contribution is -0.154. The fourth-order valence-electron chi connectivity index (χ4n) is 7.09. The van der Waals surface area contributed by atoms with Crippen LogP contribution in [-0.4, -0.2) is 36.3 Å². The summed E-state index contributed by atoms with van der Waals surface area (Å²) < 4.78 is 0. The van der Waals surface area contributed by atoms with Crippen LogP contribution >= 0.6 is 0 Å². The monoisotopic (exact) mass is 375 g/mol. The molecule has 0 aliphatic heterocycles. The number of nitrogens with one attached hydrogen (secondary N) is 3. The minimum absolute atomic E-state index is 0.0278. The summed E-state index contributed by atoms with van der Waals surface area (Å²) in [5.41, 5.74) is -0.464. The van der Waals surface area contributed by atoms with E-state index in [1.54, 1.807) is 14.0 Å². The molecule has 4 bridgehead atoms. The van der Waals surface area contributed by atoms with E-state index in [0.29, 0.717) is 11.8 Å². The van der Waals surface area contributed by atoms with Gasteiger partial charge in [0.15, 0.2) is 0 Å². The Labute approximate surface area is 161 Å². The summed E-state index contributed by atoms with van der Waals surface area (Å²) in [6.45, 7) is 1.59. The topological polar surface area (TPSA) is 87.3 Å². The van der Waals surface area contributed by atoms with Crippen LogP contribution in [0.2, 0.25) is 0 Å². The number of hydrogen-bond acceptors (Lipinski definition) is 3. The van der Waals surface area contributed by atoms with Gasteiger partial charge in [-0.05, 0) is 76.0 Å². The third-order valence-corrected chi connectivity index (χ3v) is 7.66. The van der Waals surface area contributed by atoms with E-state index < -0.39 is 0 Å². The molecule has 0 aromatic heterocycles.